The van der Waals surface area contributed by atoms with Crippen LogP contribution in [0.4, 0.5) is 4.79 Å². The summed E-state index contributed by atoms with van der Waals surface area (Å²) in [5.41, 5.74) is 0. The zero-order chi connectivity index (χ0) is 16.3. The molecule has 0 aromatic heterocycles. The summed E-state index contributed by atoms with van der Waals surface area (Å²) in [5.74, 6) is -0.708. The molecule has 7 nitrogen and oxygen atoms in total. The third kappa shape index (κ3) is 9.70. The second kappa shape index (κ2) is 10.9. The molecule has 1 unspecified atom stereocenters. The number of nitrogens with one attached hydrogen (secondary N) is 2. The molecule has 0 spiro atoms. The third-order valence-electron chi connectivity index (χ3n) is 3.20. The molecular weight excluding hydrogens is 274 g/mol. The normalized spacial score (nSPS) is 11.6. The van der Waals surface area contributed by atoms with Gasteiger partial charge in [0, 0.05) is 39.0 Å². The van der Waals surface area contributed by atoms with Crippen LogP contribution in [0.2, 0.25) is 0 Å². The fourth-order valence-corrected chi connectivity index (χ4v) is 1.82. The molecule has 0 aromatic carbocycles. The average Bonchev–Trinajstić information content (AvgIpc) is 2.44. The molecule has 7 heteroatoms. The summed E-state index contributed by atoms with van der Waals surface area (Å²) in [7, 11) is 0. The van der Waals surface area contributed by atoms with E-state index in [2.05, 4.69) is 10.6 Å². The van der Waals surface area contributed by atoms with Crippen molar-refractivity contribution in [3.63, 3.8) is 0 Å². The van der Waals surface area contributed by atoms with Gasteiger partial charge in [0.1, 0.15) is 0 Å². The lowest BCUT2D eigenvalue weighted by Gasteiger charge is -2.18. The van der Waals surface area contributed by atoms with Crippen LogP contribution in [0.5, 0.6) is 0 Å². The van der Waals surface area contributed by atoms with E-state index in [1.54, 1.807) is 4.90 Å². The van der Waals surface area contributed by atoms with Crippen molar-refractivity contribution in [3.05, 3.63) is 0 Å². The highest BCUT2D eigenvalue weighted by Crippen LogP contribution is 2.03. The fraction of sp³-hybridized carbons (Fsp3) is 0.786. The number of carboxylic acid groups (broad SMARTS) is 1. The van der Waals surface area contributed by atoms with Gasteiger partial charge in [0.25, 0.3) is 0 Å². The van der Waals surface area contributed by atoms with E-state index in [4.69, 9.17) is 5.11 Å². The standard InChI is InChI=1S/C14H27N3O4/c1-4-17(5-2)12(18)8-9-15-14(21)16-10-11(3)6-7-13(19)20/h11H,4-10H2,1-3H3,(H,19,20)(H2,15,16,21). The Balaban J connectivity index is 3.76. The van der Waals surface area contributed by atoms with Crippen LogP contribution in [-0.2, 0) is 9.59 Å². The first-order chi connectivity index (χ1) is 9.90. The topological polar surface area (TPSA) is 98.7 Å². The van der Waals surface area contributed by atoms with Crippen molar-refractivity contribution < 1.29 is 19.5 Å². The predicted molar refractivity (Wildman–Crippen MR) is 80.0 cm³/mol. The van der Waals surface area contributed by atoms with Gasteiger partial charge in [-0.15, -0.1) is 0 Å². The first-order valence-corrected chi connectivity index (χ1v) is 7.41. The van der Waals surface area contributed by atoms with Crippen molar-refractivity contribution >= 4 is 17.9 Å². The van der Waals surface area contributed by atoms with E-state index in [0.717, 1.165) is 0 Å². The molecule has 3 N–H and O–H groups in total. The summed E-state index contributed by atoms with van der Waals surface area (Å²) in [6.45, 7) is 7.77. The number of aliphatic carboxylic acids is 1. The molecule has 0 aromatic rings. The zero-order valence-electron chi connectivity index (χ0n) is 13.1. The van der Waals surface area contributed by atoms with Gasteiger partial charge in [-0.25, -0.2) is 4.79 Å². The van der Waals surface area contributed by atoms with Crippen LogP contribution in [0.1, 0.15) is 40.0 Å². The molecule has 0 fully saturated rings. The Morgan fingerprint density at radius 1 is 1.10 bits per heavy atom. The summed E-state index contributed by atoms with van der Waals surface area (Å²) in [4.78, 5) is 35.3. The van der Waals surface area contributed by atoms with Crippen LogP contribution < -0.4 is 10.6 Å². The number of carbonyl (C=O) groups is 3. The number of amides is 3. The maximum absolute atomic E-state index is 11.7. The molecule has 0 saturated heterocycles. The van der Waals surface area contributed by atoms with Crippen LogP contribution in [-0.4, -0.2) is 54.1 Å². The first kappa shape index (κ1) is 19.2. The lowest BCUT2D eigenvalue weighted by atomic mass is 10.1. The predicted octanol–water partition coefficient (Wildman–Crippen LogP) is 1.05. The number of hydrogen-bond donors (Lipinski definition) is 3. The van der Waals surface area contributed by atoms with Crippen molar-refractivity contribution in [1.82, 2.24) is 15.5 Å². The summed E-state index contributed by atoms with van der Waals surface area (Å²) < 4.78 is 0. The van der Waals surface area contributed by atoms with Crippen LogP contribution in [0, 0.1) is 5.92 Å². The van der Waals surface area contributed by atoms with Crippen molar-refractivity contribution in [2.45, 2.75) is 40.0 Å². The molecule has 122 valence electrons. The molecule has 3 amide bonds. The lowest BCUT2D eigenvalue weighted by molar-refractivity contribution is -0.137. The van der Waals surface area contributed by atoms with E-state index in [1.165, 1.54) is 0 Å². The maximum Gasteiger partial charge on any atom is 0.314 e. The smallest absolute Gasteiger partial charge is 0.314 e. The minimum absolute atomic E-state index is 0.0233. The molecule has 1 atom stereocenters. The molecule has 0 aliphatic heterocycles. The minimum Gasteiger partial charge on any atom is -0.481 e. The van der Waals surface area contributed by atoms with Crippen molar-refractivity contribution in [2.75, 3.05) is 26.2 Å². The SMILES string of the molecule is CCN(CC)C(=O)CCNC(=O)NCC(C)CCC(=O)O. The average molecular weight is 301 g/mol. The molecule has 0 heterocycles. The van der Waals surface area contributed by atoms with E-state index in [-0.39, 0.29) is 30.7 Å². The van der Waals surface area contributed by atoms with Gasteiger partial charge in [0.05, 0.1) is 0 Å². The van der Waals surface area contributed by atoms with E-state index < -0.39 is 5.97 Å². The second-order valence-electron chi connectivity index (χ2n) is 4.99. The molecule has 0 aliphatic rings. The Kier molecular flexibility index (Phi) is 10.0. The Morgan fingerprint density at radius 3 is 2.24 bits per heavy atom. The van der Waals surface area contributed by atoms with Gasteiger partial charge in [-0.1, -0.05) is 6.92 Å². The number of rotatable bonds is 10. The number of hydrogen-bond acceptors (Lipinski definition) is 3. The van der Waals surface area contributed by atoms with Gasteiger partial charge in [-0.05, 0) is 26.2 Å². The zero-order valence-corrected chi connectivity index (χ0v) is 13.1. The van der Waals surface area contributed by atoms with E-state index in [0.29, 0.717) is 32.6 Å². The molecule has 0 bridgehead atoms. The summed E-state index contributed by atoms with van der Waals surface area (Å²) >= 11 is 0. The van der Waals surface area contributed by atoms with Crippen molar-refractivity contribution in [2.24, 2.45) is 5.92 Å². The number of nitrogens with zero attached hydrogens (tertiary/aromatic N) is 1. The third-order valence-corrected chi connectivity index (χ3v) is 3.20. The number of carboxylic acids is 1. The van der Waals surface area contributed by atoms with Crippen LogP contribution in [0.15, 0.2) is 0 Å². The van der Waals surface area contributed by atoms with Gasteiger partial charge in [0.2, 0.25) is 5.91 Å². The Bertz CT molecular complexity index is 343. The Morgan fingerprint density at radius 2 is 1.71 bits per heavy atom. The molecule has 0 rings (SSSR count). The fourth-order valence-electron chi connectivity index (χ4n) is 1.82. The van der Waals surface area contributed by atoms with Crippen LogP contribution >= 0.6 is 0 Å². The van der Waals surface area contributed by atoms with Gasteiger partial charge >= 0.3 is 12.0 Å². The Hall–Kier alpha value is -1.79. The van der Waals surface area contributed by atoms with Crippen molar-refractivity contribution in [3.8, 4) is 0 Å². The monoisotopic (exact) mass is 301 g/mol. The van der Waals surface area contributed by atoms with Crippen LogP contribution in [0.3, 0.4) is 0 Å². The molecule has 0 saturated carbocycles. The quantitative estimate of drug-likeness (QED) is 0.561. The van der Waals surface area contributed by atoms with Crippen molar-refractivity contribution in [1.29, 1.82) is 0 Å². The van der Waals surface area contributed by atoms with E-state index >= 15 is 0 Å². The molecule has 0 aliphatic carbocycles. The van der Waals surface area contributed by atoms with Gasteiger partial charge in [-0.2, -0.15) is 0 Å². The molecular formula is C14H27N3O4. The summed E-state index contributed by atoms with van der Waals surface area (Å²) in [5, 5.41) is 13.8. The number of urea groups is 1. The number of carbonyl (C=O) groups excluding carboxylic acids is 2. The first-order valence-electron chi connectivity index (χ1n) is 7.41. The highest BCUT2D eigenvalue weighted by Gasteiger charge is 2.10. The van der Waals surface area contributed by atoms with Gasteiger partial charge in [-0.3, -0.25) is 9.59 Å². The van der Waals surface area contributed by atoms with Crippen LogP contribution in [0.25, 0.3) is 0 Å². The Labute approximate surface area is 126 Å². The molecule has 21 heavy (non-hydrogen) atoms. The summed E-state index contributed by atoms with van der Waals surface area (Å²) in [6, 6.07) is -0.329. The van der Waals surface area contributed by atoms with Gasteiger partial charge < -0.3 is 20.6 Å². The molecule has 0 radical (unpaired) electrons. The van der Waals surface area contributed by atoms with Gasteiger partial charge in [0.15, 0.2) is 0 Å². The van der Waals surface area contributed by atoms with E-state index in [9.17, 15) is 14.4 Å². The maximum atomic E-state index is 11.7. The minimum atomic E-state index is -0.832. The largest absolute Gasteiger partial charge is 0.481 e. The highest BCUT2D eigenvalue weighted by molar-refractivity contribution is 5.78. The lowest BCUT2D eigenvalue weighted by Crippen LogP contribution is -2.40. The second-order valence-corrected chi connectivity index (χ2v) is 4.99. The summed E-state index contributed by atoms with van der Waals surface area (Å²) in [6.07, 6.45) is 0.905. The van der Waals surface area contributed by atoms with E-state index in [1.807, 2.05) is 20.8 Å². The highest BCUT2D eigenvalue weighted by atomic mass is 16.4.